The number of hydrogen-bond donors (Lipinski definition) is 1. The average Bonchev–Trinajstić information content (AvgIpc) is 3.40. The monoisotopic (exact) mass is 438 g/mol. The number of halogens is 1. The van der Waals surface area contributed by atoms with Gasteiger partial charge in [-0.2, -0.15) is 0 Å². The minimum Gasteiger partial charge on any atom is -0.487 e. The molecule has 0 aliphatic heterocycles. The lowest BCUT2D eigenvalue weighted by Gasteiger charge is -2.07. The van der Waals surface area contributed by atoms with E-state index in [1.807, 2.05) is 24.3 Å². The molecule has 0 saturated carbocycles. The van der Waals surface area contributed by atoms with Crippen LogP contribution in [0.15, 0.2) is 86.5 Å². The van der Waals surface area contributed by atoms with Crippen molar-refractivity contribution in [3.63, 3.8) is 0 Å². The Bertz CT molecular complexity index is 1070. The highest BCUT2D eigenvalue weighted by molar-refractivity contribution is 9.10. The van der Waals surface area contributed by atoms with Gasteiger partial charge >= 0.3 is 0 Å². The molecule has 0 unspecified atom stereocenters. The fraction of sp³-hybridized carbons (Fsp3) is 0.0476. The number of anilines is 1. The Morgan fingerprint density at radius 3 is 2.71 bits per heavy atom. The van der Waals surface area contributed by atoms with Crippen LogP contribution in [-0.2, 0) is 6.61 Å². The van der Waals surface area contributed by atoms with Gasteiger partial charge in [-0.1, -0.05) is 22.0 Å². The number of carbonyl (C=O) groups excluding carboxylic acids is 1. The zero-order chi connectivity index (χ0) is 19.3. The Morgan fingerprint density at radius 1 is 1.07 bits per heavy atom. The van der Waals surface area contributed by atoms with Crippen molar-refractivity contribution in [1.82, 2.24) is 4.98 Å². The number of furan rings is 1. The van der Waals surface area contributed by atoms with Crippen molar-refractivity contribution in [2.24, 2.45) is 0 Å². The van der Waals surface area contributed by atoms with Gasteiger partial charge in [0.05, 0.1) is 6.26 Å². The maximum absolute atomic E-state index is 12.1. The summed E-state index contributed by atoms with van der Waals surface area (Å²) in [5.74, 6) is 1.06. The van der Waals surface area contributed by atoms with Crippen LogP contribution in [0, 0.1) is 0 Å². The van der Waals surface area contributed by atoms with Gasteiger partial charge in [0.25, 0.3) is 5.91 Å². The third-order valence-electron chi connectivity index (χ3n) is 3.87. The van der Waals surface area contributed by atoms with Gasteiger partial charge < -0.3 is 18.9 Å². The fourth-order valence-corrected chi connectivity index (χ4v) is 2.78. The first kappa shape index (κ1) is 18.1. The van der Waals surface area contributed by atoms with Crippen LogP contribution in [0.4, 0.5) is 5.69 Å². The van der Waals surface area contributed by atoms with Crippen LogP contribution in [-0.4, -0.2) is 10.9 Å². The summed E-state index contributed by atoms with van der Waals surface area (Å²) in [6, 6.07) is 18.1. The molecule has 2 aromatic heterocycles. The Balaban J connectivity index is 1.39. The highest BCUT2D eigenvalue weighted by atomic mass is 79.9. The quantitative estimate of drug-likeness (QED) is 0.428. The van der Waals surface area contributed by atoms with Gasteiger partial charge in [0, 0.05) is 21.8 Å². The molecule has 2 aromatic carbocycles. The summed E-state index contributed by atoms with van der Waals surface area (Å²) in [6.45, 7) is 0.246. The molecule has 4 aromatic rings. The standard InChI is InChI=1S/C21H15BrN2O4/c22-15-8-6-14(7-9-15)21-24-17(13-28-21)12-27-18-4-1-3-16(11-18)23-20(25)19-5-2-10-26-19/h1-11,13H,12H2,(H,23,25). The van der Waals surface area contributed by atoms with Crippen LogP contribution in [0.2, 0.25) is 0 Å². The zero-order valence-corrected chi connectivity index (χ0v) is 16.2. The van der Waals surface area contributed by atoms with Gasteiger partial charge in [0.15, 0.2) is 5.76 Å². The third kappa shape index (κ3) is 4.32. The second kappa shape index (κ2) is 8.14. The second-order valence-electron chi connectivity index (χ2n) is 5.90. The molecule has 2 heterocycles. The van der Waals surface area contributed by atoms with Crippen LogP contribution < -0.4 is 10.1 Å². The molecule has 0 fully saturated rings. The number of hydrogen-bond acceptors (Lipinski definition) is 5. The summed E-state index contributed by atoms with van der Waals surface area (Å²) in [5.41, 5.74) is 2.16. The first-order valence-electron chi connectivity index (χ1n) is 8.45. The lowest BCUT2D eigenvalue weighted by molar-refractivity contribution is 0.0996. The van der Waals surface area contributed by atoms with Gasteiger partial charge in [-0.25, -0.2) is 4.98 Å². The summed E-state index contributed by atoms with van der Waals surface area (Å²) >= 11 is 3.40. The molecular formula is C21H15BrN2O4. The summed E-state index contributed by atoms with van der Waals surface area (Å²) in [6.07, 6.45) is 3.02. The van der Waals surface area contributed by atoms with Gasteiger partial charge in [-0.15, -0.1) is 0 Å². The van der Waals surface area contributed by atoms with E-state index < -0.39 is 0 Å². The van der Waals surface area contributed by atoms with Crippen molar-refractivity contribution < 1.29 is 18.4 Å². The van der Waals surface area contributed by atoms with Gasteiger partial charge in [-0.05, 0) is 48.5 Å². The number of nitrogens with one attached hydrogen (secondary N) is 1. The molecule has 0 radical (unpaired) electrons. The largest absolute Gasteiger partial charge is 0.487 e. The molecule has 4 rings (SSSR count). The topological polar surface area (TPSA) is 77.5 Å². The third-order valence-corrected chi connectivity index (χ3v) is 4.40. The van der Waals surface area contributed by atoms with Crippen molar-refractivity contribution in [2.45, 2.75) is 6.61 Å². The van der Waals surface area contributed by atoms with Crippen molar-refractivity contribution in [3.8, 4) is 17.2 Å². The minimum absolute atomic E-state index is 0.245. The van der Waals surface area contributed by atoms with E-state index in [0.717, 1.165) is 10.0 Å². The Kier molecular flexibility index (Phi) is 5.25. The highest BCUT2D eigenvalue weighted by Crippen LogP contribution is 2.23. The molecule has 0 spiro atoms. The van der Waals surface area contributed by atoms with E-state index in [-0.39, 0.29) is 18.3 Å². The molecule has 0 aliphatic rings. The molecule has 28 heavy (non-hydrogen) atoms. The predicted octanol–water partition coefficient (Wildman–Crippen LogP) is 5.53. The van der Waals surface area contributed by atoms with Crippen molar-refractivity contribution in [3.05, 3.63) is 89.1 Å². The molecule has 1 N–H and O–H groups in total. The summed E-state index contributed by atoms with van der Waals surface area (Å²) < 4.78 is 17.4. The molecule has 6 nitrogen and oxygen atoms in total. The normalized spacial score (nSPS) is 10.6. The molecule has 0 aliphatic carbocycles. The lowest BCUT2D eigenvalue weighted by atomic mass is 10.2. The second-order valence-corrected chi connectivity index (χ2v) is 6.81. The molecule has 140 valence electrons. The van der Waals surface area contributed by atoms with Gasteiger partial charge in [0.1, 0.15) is 24.3 Å². The summed E-state index contributed by atoms with van der Waals surface area (Å²) in [4.78, 5) is 16.5. The number of carbonyl (C=O) groups is 1. The molecule has 0 atom stereocenters. The number of rotatable bonds is 6. The van der Waals surface area contributed by atoms with Crippen LogP contribution in [0.1, 0.15) is 16.2 Å². The number of amides is 1. The zero-order valence-electron chi connectivity index (χ0n) is 14.6. The predicted molar refractivity (Wildman–Crippen MR) is 107 cm³/mol. The number of aromatic nitrogens is 1. The van der Waals surface area contributed by atoms with Gasteiger partial charge in [-0.3, -0.25) is 4.79 Å². The van der Waals surface area contributed by atoms with Gasteiger partial charge in [0.2, 0.25) is 5.89 Å². The number of benzene rings is 2. The van der Waals surface area contributed by atoms with E-state index in [1.54, 1.807) is 42.7 Å². The van der Waals surface area contributed by atoms with Crippen LogP contribution >= 0.6 is 15.9 Å². The molecule has 0 saturated heterocycles. The van der Waals surface area contributed by atoms with Crippen molar-refractivity contribution in [1.29, 1.82) is 0 Å². The van der Waals surface area contributed by atoms with Crippen LogP contribution in [0.25, 0.3) is 11.5 Å². The smallest absolute Gasteiger partial charge is 0.291 e. The van der Waals surface area contributed by atoms with Crippen LogP contribution in [0.5, 0.6) is 5.75 Å². The highest BCUT2D eigenvalue weighted by Gasteiger charge is 2.10. The van der Waals surface area contributed by atoms with E-state index in [2.05, 4.69) is 26.2 Å². The number of nitrogens with zero attached hydrogens (tertiary/aromatic N) is 1. The number of oxazole rings is 1. The lowest BCUT2D eigenvalue weighted by Crippen LogP contribution is -2.10. The fourth-order valence-electron chi connectivity index (χ4n) is 2.52. The van der Waals surface area contributed by atoms with E-state index in [0.29, 0.717) is 23.0 Å². The van der Waals surface area contributed by atoms with Crippen molar-refractivity contribution >= 4 is 27.5 Å². The Morgan fingerprint density at radius 2 is 1.93 bits per heavy atom. The minimum atomic E-state index is -0.321. The van der Waals surface area contributed by atoms with Crippen LogP contribution in [0.3, 0.4) is 0 Å². The molecule has 7 heteroatoms. The average molecular weight is 439 g/mol. The maximum Gasteiger partial charge on any atom is 0.291 e. The molecule has 1 amide bonds. The Labute approximate surface area is 169 Å². The SMILES string of the molecule is O=C(Nc1cccc(OCc2coc(-c3ccc(Br)cc3)n2)c1)c1ccco1. The molecular weight excluding hydrogens is 424 g/mol. The Hall–Kier alpha value is -3.32. The van der Waals surface area contributed by atoms with E-state index >= 15 is 0 Å². The van der Waals surface area contributed by atoms with E-state index in [4.69, 9.17) is 13.6 Å². The number of ether oxygens (including phenoxy) is 1. The first-order chi connectivity index (χ1) is 13.7. The maximum atomic E-state index is 12.1. The summed E-state index contributed by atoms with van der Waals surface area (Å²) in [7, 11) is 0. The van der Waals surface area contributed by atoms with Crippen molar-refractivity contribution in [2.75, 3.05) is 5.32 Å². The van der Waals surface area contributed by atoms with E-state index in [9.17, 15) is 4.79 Å². The van der Waals surface area contributed by atoms with E-state index in [1.165, 1.54) is 6.26 Å². The molecule has 0 bridgehead atoms. The summed E-state index contributed by atoms with van der Waals surface area (Å²) in [5, 5.41) is 2.76. The first-order valence-corrected chi connectivity index (χ1v) is 9.25.